The van der Waals surface area contributed by atoms with Gasteiger partial charge in [0, 0.05) is 12.0 Å². The third kappa shape index (κ3) is 1.78. The molecule has 0 aromatic rings. The minimum atomic E-state index is -0.341. The molecule has 4 N–H and O–H groups in total. The van der Waals surface area contributed by atoms with Crippen LogP contribution < -0.4 is 11.5 Å². The van der Waals surface area contributed by atoms with Crippen molar-refractivity contribution >= 4 is 5.91 Å². The van der Waals surface area contributed by atoms with E-state index >= 15 is 0 Å². The van der Waals surface area contributed by atoms with E-state index in [2.05, 4.69) is 13.8 Å². The maximum absolute atomic E-state index is 10.8. The third-order valence-corrected chi connectivity index (χ3v) is 2.89. The van der Waals surface area contributed by atoms with Crippen LogP contribution in [0.5, 0.6) is 0 Å². The molecule has 3 nitrogen and oxygen atoms in total. The van der Waals surface area contributed by atoms with E-state index in [4.69, 9.17) is 11.5 Å². The molecule has 0 bridgehead atoms. The van der Waals surface area contributed by atoms with Gasteiger partial charge >= 0.3 is 0 Å². The van der Waals surface area contributed by atoms with Crippen LogP contribution >= 0.6 is 0 Å². The van der Waals surface area contributed by atoms with E-state index in [1.165, 1.54) is 0 Å². The second-order valence-electron chi connectivity index (χ2n) is 4.18. The van der Waals surface area contributed by atoms with E-state index in [9.17, 15) is 4.79 Å². The fraction of sp³-hybridized carbons (Fsp3) is 0.889. The average molecular weight is 170 g/mol. The number of hydrogen-bond donors (Lipinski definition) is 2. The largest absolute Gasteiger partial charge is 0.370 e. The lowest BCUT2D eigenvalue weighted by molar-refractivity contribution is -0.119. The topological polar surface area (TPSA) is 69.1 Å². The summed E-state index contributed by atoms with van der Waals surface area (Å²) in [5.74, 6) is 0.570. The lowest BCUT2D eigenvalue weighted by Gasteiger charge is -2.32. The predicted molar refractivity (Wildman–Crippen MR) is 48.3 cm³/mol. The maximum Gasteiger partial charge on any atom is 0.219 e. The molecule has 1 amide bonds. The van der Waals surface area contributed by atoms with E-state index in [1.807, 2.05) is 0 Å². The lowest BCUT2D eigenvalue weighted by atomic mass is 9.80. The zero-order chi connectivity index (χ0) is 9.35. The zero-order valence-electron chi connectivity index (χ0n) is 7.84. The van der Waals surface area contributed by atoms with Gasteiger partial charge < -0.3 is 11.5 Å². The SMILES string of the molecule is CC(C)C(N)(CC(N)=O)C1CC1. The Kier molecular flexibility index (Phi) is 2.42. The van der Waals surface area contributed by atoms with Crippen molar-refractivity contribution in [1.82, 2.24) is 0 Å². The van der Waals surface area contributed by atoms with Crippen LogP contribution in [0.2, 0.25) is 0 Å². The molecule has 1 atom stereocenters. The second kappa shape index (κ2) is 3.05. The van der Waals surface area contributed by atoms with Crippen molar-refractivity contribution in [3.05, 3.63) is 0 Å². The summed E-state index contributed by atoms with van der Waals surface area (Å²) in [7, 11) is 0. The van der Waals surface area contributed by atoms with Gasteiger partial charge in [-0.05, 0) is 24.7 Å². The van der Waals surface area contributed by atoms with Gasteiger partial charge in [-0.25, -0.2) is 0 Å². The Balaban J connectivity index is 2.64. The van der Waals surface area contributed by atoms with Crippen molar-refractivity contribution < 1.29 is 4.79 Å². The molecule has 70 valence electrons. The summed E-state index contributed by atoms with van der Waals surface area (Å²) in [5, 5.41) is 0. The summed E-state index contributed by atoms with van der Waals surface area (Å²) in [6.45, 7) is 4.11. The summed E-state index contributed by atoms with van der Waals surface area (Å²) in [6.07, 6.45) is 2.64. The molecule has 0 aromatic carbocycles. The Morgan fingerprint density at radius 3 is 2.33 bits per heavy atom. The van der Waals surface area contributed by atoms with Gasteiger partial charge in [-0.3, -0.25) is 4.79 Å². The fourth-order valence-corrected chi connectivity index (χ4v) is 1.74. The van der Waals surface area contributed by atoms with E-state index in [-0.39, 0.29) is 11.4 Å². The van der Waals surface area contributed by atoms with Crippen molar-refractivity contribution in [1.29, 1.82) is 0 Å². The average Bonchev–Trinajstić information content (AvgIpc) is 2.65. The molecule has 1 rings (SSSR count). The molecule has 12 heavy (non-hydrogen) atoms. The van der Waals surface area contributed by atoms with Gasteiger partial charge in [0.2, 0.25) is 5.91 Å². The Labute approximate surface area is 73.5 Å². The summed E-state index contributed by atoms with van der Waals surface area (Å²) in [4.78, 5) is 10.8. The normalized spacial score (nSPS) is 22.3. The minimum Gasteiger partial charge on any atom is -0.370 e. The minimum absolute atomic E-state index is 0.280. The first-order valence-corrected chi connectivity index (χ1v) is 4.54. The van der Waals surface area contributed by atoms with E-state index in [1.54, 1.807) is 0 Å². The molecule has 0 heterocycles. The molecule has 0 aromatic heterocycles. The maximum atomic E-state index is 10.8. The smallest absolute Gasteiger partial charge is 0.219 e. The van der Waals surface area contributed by atoms with Crippen LogP contribution in [0.25, 0.3) is 0 Å². The molecule has 1 aliphatic rings. The van der Waals surface area contributed by atoms with E-state index in [0.717, 1.165) is 12.8 Å². The summed E-state index contributed by atoms with van der Waals surface area (Å²) < 4.78 is 0. The van der Waals surface area contributed by atoms with Crippen LogP contribution in [0.15, 0.2) is 0 Å². The van der Waals surface area contributed by atoms with Crippen molar-refractivity contribution in [2.24, 2.45) is 23.3 Å². The van der Waals surface area contributed by atoms with Crippen LogP contribution in [0, 0.1) is 11.8 Å². The van der Waals surface area contributed by atoms with Gasteiger partial charge in [-0.2, -0.15) is 0 Å². The quantitative estimate of drug-likeness (QED) is 0.649. The number of carbonyl (C=O) groups is 1. The molecular weight excluding hydrogens is 152 g/mol. The van der Waals surface area contributed by atoms with Gasteiger partial charge in [-0.15, -0.1) is 0 Å². The number of amides is 1. The van der Waals surface area contributed by atoms with Crippen molar-refractivity contribution in [2.45, 2.75) is 38.6 Å². The molecule has 0 aliphatic heterocycles. The highest BCUT2D eigenvalue weighted by Gasteiger charge is 2.45. The van der Waals surface area contributed by atoms with Crippen molar-refractivity contribution in [3.63, 3.8) is 0 Å². The number of primary amides is 1. The lowest BCUT2D eigenvalue weighted by Crippen LogP contribution is -2.50. The first kappa shape index (κ1) is 9.52. The summed E-state index contributed by atoms with van der Waals surface area (Å²) in [6, 6.07) is 0. The van der Waals surface area contributed by atoms with Gasteiger partial charge in [0.25, 0.3) is 0 Å². The highest BCUT2D eigenvalue weighted by Crippen LogP contribution is 2.43. The highest BCUT2D eigenvalue weighted by molar-refractivity contribution is 5.75. The first-order chi connectivity index (χ1) is 5.47. The van der Waals surface area contributed by atoms with Crippen LogP contribution in [0.3, 0.4) is 0 Å². The Morgan fingerprint density at radius 2 is 2.08 bits per heavy atom. The molecule has 0 spiro atoms. The number of nitrogens with two attached hydrogens (primary N) is 2. The van der Waals surface area contributed by atoms with Crippen LogP contribution in [0.1, 0.15) is 33.1 Å². The monoisotopic (exact) mass is 170 g/mol. The third-order valence-electron chi connectivity index (χ3n) is 2.89. The van der Waals surface area contributed by atoms with Gasteiger partial charge in [0.05, 0.1) is 0 Å². The zero-order valence-corrected chi connectivity index (χ0v) is 7.84. The van der Waals surface area contributed by atoms with Gasteiger partial charge in [0.1, 0.15) is 0 Å². The van der Waals surface area contributed by atoms with Crippen molar-refractivity contribution in [2.75, 3.05) is 0 Å². The number of hydrogen-bond acceptors (Lipinski definition) is 2. The fourth-order valence-electron chi connectivity index (χ4n) is 1.74. The van der Waals surface area contributed by atoms with Crippen LogP contribution in [-0.4, -0.2) is 11.4 Å². The van der Waals surface area contributed by atoms with Crippen LogP contribution in [0.4, 0.5) is 0 Å². The Morgan fingerprint density at radius 1 is 1.58 bits per heavy atom. The number of rotatable bonds is 4. The Bertz CT molecular complexity index is 183. The molecule has 0 radical (unpaired) electrons. The molecule has 1 unspecified atom stereocenters. The molecule has 3 heteroatoms. The van der Waals surface area contributed by atoms with Gasteiger partial charge in [-0.1, -0.05) is 13.8 Å². The van der Waals surface area contributed by atoms with Crippen molar-refractivity contribution in [3.8, 4) is 0 Å². The second-order valence-corrected chi connectivity index (χ2v) is 4.18. The summed E-state index contributed by atoms with van der Waals surface area (Å²) in [5.41, 5.74) is 11.0. The van der Waals surface area contributed by atoms with E-state index < -0.39 is 0 Å². The molecule has 1 fully saturated rings. The van der Waals surface area contributed by atoms with Crippen LogP contribution in [-0.2, 0) is 4.79 Å². The molecule has 0 saturated heterocycles. The standard InChI is InChI=1S/C9H18N2O/c1-6(2)9(11,5-8(10)12)7-3-4-7/h6-7H,3-5,11H2,1-2H3,(H2,10,12). The number of carbonyl (C=O) groups excluding carboxylic acids is 1. The van der Waals surface area contributed by atoms with Gasteiger partial charge in [0.15, 0.2) is 0 Å². The highest BCUT2D eigenvalue weighted by atomic mass is 16.1. The predicted octanol–water partition coefficient (Wildman–Crippen LogP) is 0.625. The first-order valence-electron chi connectivity index (χ1n) is 4.54. The Hall–Kier alpha value is -0.570. The molecule has 1 saturated carbocycles. The molecular formula is C9H18N2O. The summed E-state index contributed by atoms with van der Waals surface area (Å²) >= 11 is 0. The molecule has 1 aliphatic carbocycles. The van der Waals surface area contributed by atoms with E-state index in [0.29, 0.717) is 18.3 Å².